The van der Waals surface area contributed by atoms with E-state index < -0.39 is 0 Å². The molecular weight excluding hydrogens is 298 g/mol. The van der Waals surface area contributed by atoms with Crippen LogP contribution in [0.5, 0.6) is 5.88 Å². The molecule has 2 heterocycles. The third-order valence-corrected chi connectivity index (χ3v) is 4.32. The summed E-state index contributed by atoms with van der Waals surface area (Å²) in [5, 5.41) is 7.01. The molecule has 0 amide bonds. The summed E-state index contributed by atoms with van der Waals surface area (Å²) in [6.45, 7) is 2.04. The smallest absolute Gasteiger partial charge is 0.258 e. The molecule has 22 heavy (non-hydrogen) atoms. The Balaban J connectivity index is 1.94. The van der Waals surface area contributed by atoms with Crippen LogP contribution in [0.25, 0.3) is 10.8 Å². The number of nitrogens with zero attached hydrogens (tertiary/aromatic N) is 2. The van der Waals surface area contributed by atoms with Gasteiger partial charge in [0.1, 0.15) is 0 Å². The highest BCUT2D eigenvalue weighted by atomic mass is 32.1. The molecular formula is C16H17N3O2S. The molecule has 0 saturated carbocycles. The van der Waals surface area contributed by atoms with Gasteiger partial charge in [-0.25, -0.2) is 0 Å². The number of benzene rings is 1. The van der Waals surface area contributed by atoms with Crippen LogP contribution in [0.4, 0.5) is 5.69 Å². The molecule has 3 aromatic rings. The first-order valence-corrected chi connectivity index (χ1v) is 7.78. The van der Waals surface area contributed by atoms with Gasteiger partial charge < -0.3 is 14.6 Å². The number of nitrogens with one attached hydrogen (secondary N) is 1. The second-order valence-electron chi connectivity index (χ2n) is 5.18. The van der Waals surface area contributed by atoms with Crippen molar-refractivity contribution >= 4 is 28.0 Å². The lowest BCUT2D eigenvalue weighted by molar-refractivity contribution is 0.396. The van der Waals surface area contributed by atoms with Crippen molar-refractivity contribution in [3.63, 3.8) is 0 Å². The van der Waals surface area contributed by atoms with Crippen molar-refractivity contribution < 1.29 is 4.74 Å². The number of fused-ring (bicyclic) bond motifs is 1. The number of aromatic nitrogens is 2. The van der Waals surface area contributed by atoms with E-state index in [1.165, 1.54) is 11.5 Å². The van der Waals surface area contributed by atoms with Gasteiger partial charge in [-0.2, -0.15) is 4.37 Å². The first-order valence-electron chi connectivity index (χ1n) is 6.94. The van der Waals surface area contributed by atoms with E-state index in [0.717, 1.165) is 16.6 Å². The summed E-state index contributed by atoms with van der Waals surface area (Å²) >= 11 is 1.37. The molecule has 2 aromatic heterocycles. The van der Waals surface area contributed by atoms with Crippen molar-refractivity contribution in [3.8, 4) is 5.88 Å². The Hall–Kier alpha value is -2.34. The first-order chi connectivity index (χ1) is 10.6. The molecule has 1 N–H and O–H groups in total. The van der Waals surface area contributed by atoms with Crippen molar-refractivity contribution in [1.29, 1.82) is 0 Å². The summed E-state index contributed by atoms with van der Waals surface area (Å²) in [7, 11) is 3.37. The molecule has 0 radical (unpaired) electrons. The van der Waals surface area contributed by atoms with Crippen LogP contribution in [-0.4, -0.2) is 16.1 Å². The van der Waals surface area contributed by atoms with E-state index in [1.54, 1.807) is 24.9 Å². The lowest BCUT2D eigenvalue weighted by Crippen LogP contribution is -2.15. The van der Waals surface area contributed by atoms with E-state index in [2.05, 4.69) is 9.69 Å². The van der Waals surface area contributed by atoms with Gasteiger partial charge in [0.15, 0.2) is 0 Å². The molecule has 1 atom stereocenters. The number of pyridine rings is 1. The van der Waals surface area contributed by atoms with Gasteiger partial charge in [-0.05, 0) is 42.0 Å². The SMILES string of the molecule is COc1nscc1C(C)Nc1ccc2ccn(C)c(=O)c2c1. The van der Waals surface area contributed by atoms with E-state index in [1.807, 2.05) is 36.6 Å². The first kappa shape index (κ1) is 14.6. The Morgan fingerprint density at radius 2 is 2.18 bits per heavy atom. The van der Waals surface area contributed by atoms with Crippen LogP contribution < -0.4 is 15.6 Å². The Kier molecular flexibility index (Phi) is 3.85. The average Bonchev–Trinajstić information content (AvgIpc) is 3.00. The van der Waals surface area contributed by atoms with E-state index in [-0.39, 0.29) is 11.6 Å². The molecule has 0 spiro atoms. The van der Waals surface area contributed by atoms with Gasteiger partial charge in [0.25, 0.3) is 5.56 Å². The topological polar surface area (TPSA) is 56.1 Å². The van der Waals surface area contributed by atoms with Gasteiger partial charge in [0, 0.05) is 35.3 Å². The number of rotatable bonds is 4. The highest BCUT2D eigenvalue weighted by Gasteiger charge is 2.14. The Morgan fingerprint density at radius 1 is 1.36 bits per heavy atom. The number of methoxy groups -OCH3 is 1. The van der Waals surface area contributed by atoms with Gasteiger partial charge >= 0.3 is 0 Å². The van der Waals surface area contributed by atoms with Crippen molar-refractivity contribution in [2.45, 2.75) is 13.0 Å². The zero-order chi connectivity index (χ0) is 15.7. The van der Waals surface area contributed by atoms with Crippen molar-refractivity contribution in [2.75, 3.05) is 12.4 Å². The molecule has 114 valence electrons. The maximum absolute atomic E-state index is 12.2. The Bertz CT molecular complexity index is 869. The third kappa shape index (κ3) is 2.57. The molecule has 5 nitrogen and oxygen atoms in total. The number of aryl methyl sites for hydroxylation is 1. The fraction of sp³-hybridized carbons (Fsp3) is 0.250. The molecule has 3 rings (SSSR count). The molecule has 0 aliphatic carbocycles. The standard InChI is InChI=1S/C16H17N3O2S/c1-10(14-9-22-18-15(14)21-3)17-12-5-4-11-6-7-19(2)16(20)13(11)8-12/h4-10,17H,1-3H3. The van der Waals surface area contributed by atoms with Crippen LogP contribution in [0.15, 0.2) is 40.6 Å². The van der Waals surface area contributed by atoms with Crippen molar-refractivity contribution in [1.82, 2.24) is 8.94 Å². The summed E-state index contributed by atoms with van der Waals surface area (Å²) in [5.41, 5.74) is 1.91. The predicted octanol–water partition coefficient (Wildman–Crippen LogP) is 3.18. The normalized spacial score (nSPS) is 12.3. The Morgan fingerprint density at radius 3 is 2.95 bits per heavy atom. The van der Waals surface area contributed by atoms with Crippen LogP contribution in [0.2, 0.25) is 0 Å². The minimum Gasteiger partial charge on any atom is -0.480 e. The van der Waals surface area contributed by atoms with Crippen LogP contribution >= 0.6 is 11.5 Å². The quantitative estimate of drug-likeness (QED) is 0.803. The number of anilines is 1. The highest BCUT2D eigenvalue weighted by Crippen LogP contribution is 2.29. The number of hydrogen-bond donors (Lipinski definition) is 1. The molecule has 6 heteroatoms. The molecule has 0 bridgehead atoms. The van der Waals surface area contributed by atoms with Gasteiger partial charge in [0.05, 0.1) is 13.2 Å². The predicted molar refractivity (Wildman–Crippen MR) is 89.9 cm³/mol. The second kappa shape index (κ2) is 5.81. The lowest BCUT2D eigenvalue weighted by Gasteiger charge is -2.15. The van der Waals surface area contributed by atoms with Crippen LogP contribution in [0, 0.1) is 0 Å². The molecule has 0 saturated heterocycles. The monoisotopic (exact) mass is 315 g/mol. The van der Waals surface area contributed by atoms with Crippen molar-refractivity contribution in [3.05, 3.63) is 51.8 Å². The molecule has 0 fully saturated rings. The maximum Gasteiger partial charge on any atom is 0.258 e. The molecule has 0 aliphatic heterocycles. The van der Waals surface area contributed by atoms with E-state index in [4.69, 9.17) is 4.74 Å². The zero-order valence-corrected chi connectivity index (χ0v) is 13.5. The summed E-state index contributed by atoms with van der Waals surface area (Å²) < 4.78 is 11.0. The van der Waals surface area contributed by atoms with Gasteiger partial charge in [0.2, 0.25) is 5.88 Å². The minimum absolute atomic E-state index is 0.00332. The maximum atomic E-state index is 12.2. The number of ether oxygens (including phenoxy) is 1. The van der Waals surface area contributed by atoms with Crippen molar-refractivity contribution in [2.24, 2.45) is 7.05 Å². The molecule has 1 aromatic carbocycles. The van der Waals surface area contributed by atoms with E-state index in [0.29, 0.717) is 11.3 Å². The fourth-order valence-corrected chi connectivity index (χ4v) is 3.18. The van der Waals surface area contributed by atoms with Gasteiger partial charge in [-0.1, -0.05) is 6.07 Å². The van der Waals surface area contributed by atoms with E-state index in [9.17, 15) is 4.79 Å². The van der Waals surface area contributed by atoms with Crippen LogP contribution in [0.1, 0.15) is 18.5 Å². The lowest BCUT2D eigenvalue weighted by atomic mass is 10.1. The van der Waals surface area contributed by atoms with Crippen LogP contribution in [-0.2, 0) is 7.05 Å². The molecule has 0 aliphatic rings. The summed E-state index contributed by atoms with van der Waals surface area (Å²) in [6.07, 6.45) is 1.78. The Labute approximate surface area is 132 Å². The average molecular weight is 315 g/mol. The second-order valence-corrected chi connectivity index (χ2v) is 5.81. The summed E-state index contributed by atoms with van der Waals surface area (Å²) in [6, 6.07) is 7.80. The highest BCUT2D eigenvalue weighted by molar-refractivity contribution is 7.03. The van der Waals surface area contributed by atoms with E-state index >= 15 is 0 Å². The number of hydrogen-bond acceptors (Lipinski definition) is 5. The summed E-state index contributed by atoms with van der Waals surface area (Å²) in [5.74, 6) is 0.640. The zero-order valence-electron chi connectivity index (χ0n) is 12.7. The third-order valence-electron chi connectivity index (χ3n) is 3.69. The largest absolute Gasteiger partial charge is 0.480 e. The fourth-order valence-electron chi connectivity index (χ4n) is 2.43. The van der Waals surface area contributed by atoms with Gasteiger partial charge in [-0.15, -0.1) is 0 Å². The molecule has 1 unspecified atom stereocenters. The van der Waals surface area contributed by atoms with Crippen LogP contribution in [0.3, 0.4) is 0 Å². The minimum atomic E-state index is 0.00332. The summed E-state index contributed by atoms with van der Waals surface area (Å²) in [4.78, 5) is 12.2. The van der Waals surface area contributed by atoms with Gasteiger partial charge in [-0.3, -0.25) is 4.79 Å².